The van der Waals surface area contributed by atoms with E-state index in [9.17, 15) is 9.50 Å². The molecule has 2 aromatic carbocycles. The molecule has 4 heteroatoms. The summed E-state index contributed by atoms with van der Waals surface area (Å²) in [4.78, 5) is 0. The van der Waals surface area contributed by atoms with Crippen molar-refractivity contribution < 1.29 is 14.2 Å². The number of aryl methyl sites for hydroxylation is 1. The van der Waals surface area contributed by atoms with E-state index in [4.69, 9.17) is 4.74 Å². The van der Waals surface area contributed by atoms with Crippen molar-refractivity contribution >= 4 is 5.69 Å². The normalized spacial score (nSPS) is 13.6. The standard InChI is InChI=1S/C21H26FNO2/c1-21(2,24)12-11-14-7-9-20(18(13-14)23-3)25-19-10-8-17(22)15-5-4-6-16(15)19/h7-10,13,23-24H,4-6,11-12H2,1-3H3. The SMILES string of the molecule is CNc1cc(CCC(C)(C)O)ccc1Oc1ccc(F)c2c1CCC2. The smallest absolute Gasteiger partial charge is 0.150 e. The van der Waals surface area contributed by atoms with E-state index < -0.39 is 5.60 Å². The molecule has 25 heavy (non-hydrogen) atoms. The number of benzene rings is 2. The molecule has 0 aliphatic heterocycles. The summed E-state index contributed by atoms with van der Waals surface area (Å²) in [5, 5.41) is 13.1. The summed E-state index contributed by atoms with van der Waals surface area (Å²) in [6.07, 6.45) is 4.11. The van der Waals surface area contributed by atoms with Gasteiger partial charge in [0.05, 0.1) is 11.3 Å². The van der Waals surface area contributed by atoms with E-state index in [2.05, 4.69) is 5.32 Å². The third-order valence-corrected chi connectivity index (χ3v) is 4.74. The molecule has 0 saturated heterocycles. The van der Waals surface area contributed by atoms with E-state index in [1.165, 1.54) is 6.07 Å². The number of aliphatic hydroxyl groups is 1. The van der Waals surface area contributed by atoms with E-state index in [0.717, 1.165) is 59.6 Å². The van der Waals surface area contributed by atoms with Crippen LogP contribution in [0.4, 0.5) is 10.1 Å². The summed E-state index contributed by atoms with van der Waals surface area (Å²) in [5.41, 5.74) is 3.15. The largest absolute Gasteiger partial charge is 0.455 e. The molecule has 0 unspecified atom stereocenters. The van der Waals surface area contributed by atoms with E-state index in [0.29, 0.717) is 6.42 Å². The predicted octanol–water partition coefficient (Wildman–Crippen LogP) is 4.85. The summed E-state index contributed by atoms with van der Waals surface area (Å²) in [5.74, 6) is 1.35. The molecule has 0 amide bonds. The van der Waals surface area contributed by atoms with Crippen LogP contribution in [0.3, 0.4) is 0 Å². The summed E-state index contributed by atoms with van der Waals surface area (Å²) < 4.78 is 20.0. The maximum atomic E-state index is 13.9. The maximum Gasteiger partial charge on any atom is 0.150 e. The van der Waals surface area contributed by atoms with Gasteiger partial charge in [-0.15, -0.1) is 0 Å². The van der Waals surface area contributed by atoms with Gasteiger partial charge in [-0.25, -0.2) is 4.39 Å². The van der Waals surface area contributed by atoms with Crippen molar-refractivity contribution in [1.82, 2.24) is 0 Å². The summed E-state index contributed by atoms with van der Waals surface area (Å²) in [7, 11) is 1.86. The van der Waals surface area contributed by atoms with Gasteiger partial charge in [-0.05, 0) is 81.3 Å². The Kier molecular flexibility index (Phi) is 5.00. The van der Waals surface area contributed by atoms with Gasteiger partial charge < -0.3 is 15.2 Å². The molecule has 1 aliphatic carbocycles. The molecular formula is C21H26FNO2. The van der Waals surface area contributed by atoms with Crippen LogP contribution in [0.2, 0.25) is 0 Å². The number of nitrogens with one attached hydrogen (secondary N) is 1. The first kappa shape index (κ1) is 17.7. The Morgan fingerprint density at radius 2 is 1.84 bits per heavy atom. The molecule has 3 rings (SSSR count). The number of halogens is 1. The number of hydrogen-bond acceptors (Lipinski definition) is 3. The molecule has 2 N–H and O–H groups in total. The van der Waals surface area contributed by atoms with Crippen LogP contribution in [0.15, 0.2) is 30.3 Å². The number of anilines is 1. The molecule has 3 nitrogen and oxygen atoms in total. The van der Waals surface area contributed by atoms with Crippen molar-refractivity contribution in [1.29, 1.82) is 0 Å². The minimum atomic E-state index is -0.677. The number of ether oxygens (including phenoxy) is 1. The Hall–Kier alpha value is -2.07. The minimum absolute atomic E-state index is 0.129. The molecule has 0 heterocycles. The lowest BCUT2D eigenvalue weighted by Gasteiger charge is -2.18. The van der Waals surface area contributed by atoms with Gasteiger partial charge in [0.1, 0.15) is 11.6 Å². The molecule has 0 spiro atoms. The van der Waals surface area contributed by atoms with Gasteiger partial charge in [0.2, 0.25) is 0 Å². The Bertz CT molecular complexity index is 765. The number of rotatable bonds is 6. The van der Waals surface area contributed by atoms with Crippen LogP contribution in [0.1, 0.15) is 43.4 Å². The molecule has 0 bridgehead atoms. The lowest BCUT2D eigenvalue weighted by Crippen LogP contribution is -2.19. The zero-order valence-corrected chi connectivity index (χ0v) is 15.2. The second-order valence-electron chi connectivity index (χ2n) is 7.35. The molecule has 0 aromatic heterocycles. The van der Waals surface area contributed by atoms with E-state index in [1.54, 1.807) is 6.07 Å². The highest BCUT2D eigenvalue weighted by molar-refractivity contribution is 5.60. The third kappa shape index (κ3) is 4.13. The highest BCUT2D eigenvalue weighted by Crippen LogP contribution is 2.37. The highest BCUT2D eigenvalue weighted by atomic mass is 19.1. The van der Waals surface area contributed by atoms with Gasteiger partial charge >= 0.3 is 0 Å². The third-order valence-electron chi connectivity index (χ3n) is 4.74. The summed E-state index contributed by atoms with van der Waals surface area (Å²) in [6.45, 7) is 3.64. The molecule has 0 radical (unpaired) electrons. The number of fused-ring (bicyclic) bond motifs is 1. The lowest BCUT2D eigenvalue weighted by atomic mass is 9.98. The van der Waals surface area contributed by atoms with Crippen LogP contribution < -0.4 is 10.1 Å². The van der Waals surface area contributed by atoms with Crippen LogP contribution >= 0.6 is 0 Å². The second-order valence-corrected chi connectivity index (χ2v) is 7.35. The average Bonchev–Trinajstić information content (AvgIpc) is 3.06. The zero-order chi connectivity index (χ0) is 18.0. The quantitative estimate of drug-likeness (QED) is 0.788. The van der Waals surface area contributed by atoms with Crippen molar-refractivity contribution in [2.24, 2.45) is 0 Å². The monoisotopic (exact) mass is 343 g/mol. The Morgan fingerprint density at radius 1 is 1.12 bits per heavy atom. The Labute approximate surface area is 148 Å². The van der Waals surface area contributed by atoms with Crippen LogP contribution in [0.25, 0.3) is 0 Å². The van der Waals surface area contributed by atoms with E-state index >= 15 is 0 Å². The van der Waals surface area contributed by atoms with Crippen molar-refractivity contribution in [2.75, 3.05) is 12.4 Å². The molecule has 0 fully saturated rings. The Balaban J connectivity index is 1.83. The van der Waals surface area contributed by atoms with Crippen LogP contribution in [-0.4, -0.2) is 17.8 Å². The Morgan fingerprint density at radius 3 is 2.56 bits per heavy atom. The fourth-order valence-electron chi connectivity index (χ4n) is 3.31. The first-order chi connectivity index (χ1) is 11.9. The summed E-state index contributed by atoms with van der Waals surface area (Å²) >= 11 is 0. The number of hydrogen-bond donors (Lipinski definition) is 2. The van der Waals surface area contributed by atoms with Crippen LogP contribution in [0.5, 0.6) is 11.5 Å². The topological polar surface area (TPSA) is 41.5 Å². The first-order valence-corrected chi connectivity index (χ1v) is 8.88. The van der Waals surface area contributed by atoms with Crippen molar-refractivity contribution in [3.05, 3.63) is 52.8 Å². The van der Waals surface area contributed by atoms with Crippen molar-refractivity contribution in [3.8, 4) is 11.5 Å². The maximum absolute atomic E-state index is 13.9. The molecule has 0 atom stereocenters. The minimum Gasteiger partial charge on any atom is -0.455 e. The fourth-order valence-corrected chi connectivity index (χ4v) is 3.31. The van der Waals surface area contributed by atoms with Gasteiger partial charge in [0.25, 0.3) is 0 Å². The highest BCUT2D eigenvalue weighted by Gasteiger charge is 2.20. The fraction of sp³-hybridized carbons (Fsp3) is 0.429. The molecule has 0 saturated carbocycles. The van der Waals surface area contributed by atoms with Gasteiger partial charge in [-0.2, -0.15) is 0 Å². The molecule has 1 aliphatic rings. The van der Waals surface area contributed by atoms with Crippen LogP contribution in [0, 0.1) is 5.82 Å². The van der Waals surface area contributed by atoms with Gasteiger partial charge in [0.15, 0.2) is 5.75 Å². The van der Waals surface area contributed by atoms with Crippen molar-refractivity contribution in [2.45, 2.75) is 51.6 Å². The zero-order valence-electron chi connectivity index (χ0n) is 15.2. The molecular weight excluding hydrogens is 317 g/mol. The average molecular weight is 343 g/mol. The van der Waals surface area contributed by atoms with Crippen LogP contribution in [-0.2, 0) is 19.3 Å². The van der Waals surface area contributed by atoms with E-state index in [1.807, 2.05) is 39.1 Å². The first-order valence-electron chi connectivity index (χ1n) is 8.88. The predicted molar refractivity (Wildman–Crippen MR) is 99.1 cm³/mol. The van der Waals surface area contributed by atoms with Gasteiger partial charge in [-0.1, -0.05) is 6.07 Å². The lowest BCUT2D eigenvalue weighted by molar-refractivity contribution is 0.0714. The second kappa shape index (κ2) is 7.04. The summed E-state index contributed by atoms with van der Waals surface area (Å²) in [6, 6.07) is 9.23. The molecule has 134 valence electrons. The molecule has 2 aromatic rings. The van der Waals surface area contributed by atoms with E-state index in [-0.39, 0.29) is 5.82 Å². The van der Waals surface area contributed by atoms with Gasteiger partial charge in [0, 0.05) is 12.6 Å². The van der Waals surface area contributed by atoms with Crippen molar-refractivity contribution in [3.63, 3.8) is 0 Å². The van der Waals surface area contributed by atoms with Gasteiger partial charge in [-0.3, -0.25) is 0 Å².